The van der Waals surface area contributed by atoms with Gasteiger partial charge in [0.2, 0.25) is 5.95 Å². The number of likely N-dealkylation sites (N-methyl/N-ethyl adjacent to an activating group) is 1. The van der Waals surface area contributed by atoms with Crippen LogP contribution in [0.5, 0.6) is 5.75 Å². The molecular weight excluding hydrogens is 617 g/mol. The molecule has 4 rings (SSSR count). The average molecular weight is 650 g/mol. The Morgan fingerprint density at radius 3 is 2.33 bits per heavy atom. The number of hydrogen-bond acceptors (Lipinski definition) is 8. The lowest BCUT2D eigenvalue weighted by molar-refractivity contribution is -0.189. The fraction of sp³-hybridized carbons (Fsp3) is 0.367. The molecule has 3 amide bonds. The quantitative estimate of drug-likeness (QED) is 0.167. The smallest absolute Gasteiger partial charge is 0.418 e. The molecule has 3 N–H and O–H groups in total. The molecule has 46 heavy (non-hydrogen) atoms. The molecule has 0 aliphatic carbocycles. The SMILES string of the molecule is Cc1ccc(C(=O)NC(C)C)c(OC(=O)C(F)(F)F)c1-c1nc(NC(C)CN(C)C)nc2c1CNC(=O)N2c1c(F)cccc1F. The molecule has 0 radical (unpaired) electrons. The van der Waals surface area contributed by atoms with E-state index >= 15 is 8.78 Å². The number of fused-ring (bicyclic) bond motifs is 1. The van der Waals surface area contributed by atoms with Crippen LogP contribution in [0.4, 0.5) is 44.2 Å². The number of hydrogen-bond donors (Lipinski definition) is 3. The molecule has 1 unspecified atom stereocenters. The molecule has 1 aliphatic rings. The summed E-state index contributed by atoms with van der Waals surface area (Å²) in [6, 6.07) is 3.88. The summed E-state index contributed by atoms with van der Waals surface area (Å²) in [5, 5.41) is 8.09. The molecule has 0 saturated heterocycles. The van der Waals surface area contributed by atoms with Crippen LogP contribution in [-0.2, 0) is 11.3 Å². The standard InChI is InChI=1S/C30H32F5N7O4/c1-14(2)37-26(43)17-11-10-15(3)21(24(17)46-27(44)30(33,34)35)22-18-12-36-29(45)42(23-19(31)8-7-9-20(23)32)25(18)40-28(39-22)38-16(4)13-41(5)6/h7-11,14,16H,12-13H2,1-6H3,(H,36,45)(H,37,43)(H,38,39,40). The van der Waals surface area contributed by atoms with Gasteiger partial charge in [0.15, 0.2) is 11.6 Å². The van der Waals surface area contributed by atoms with E-state index in [9.17, 15) is 27.6 Å². The highest BCUT2D eigenvalue weighted by Crippen LogP contribution is 2.43. The predicted octanol–water partition coefficient (Wildman–Crippen LogP) is 5.06. The van der Waals surface area contributed by atoms with Crippen LogP contribution in [0.1, 0.15) is 42.3 Å². The number of amides is 3. The van der Waals surface area contributed by atoms with Crippen molar-refractivity contribution in [2.75, 3.05) is 30.9 Å². The van der Waals surface area contributed by atoms with E-state index in [0.717, 1.165) is 18.2 Å². The first-order valence-electron chi connectivity index (χ1n) is 14.1. The Morgan fingerprint density at radius 2 is 1.74 bits per heavy atom. The highest BCUT2D eigenvalue weighted by atomic mass is 19.4. The number of ether oxygens (including phenoxy) is 1. The molecule has 3 aromatic rings. The largest absolute Gasteiger partial charge is 0.491 e. The number of benzene rings is 2. The second-order valence-corrected chi connectivity index (χ2v) is 11.2. The summed E-state index contributed by atoms with van der Waals surface area (Å²) in [5.41, 5.74) is -1.30. The summed E-state index contributed by atoms with van der Waals surface area (Å²) in [4.78, 5) is 50.0. The monoisotopic (exact) mass is 649 g/mol. The van der Waals surface area contributed by atoms with E-state index < -0.39 is 58.8 Å². The number of carbonyl (C=O) groups is 3. The number of halogens is 5. The van der Waals surface area contributed by atoms with Crippen LogP contribution in [0, 0.1) is 18.6 Å². The maximum absolute atomic E-state index is 15.1. The van der Waals surface area contributed by atoms with Gasteiger partial charge in [-0.3, -0.25) is 4.79 Å². The Morgan fingerprint density at radius 1 is 1.09 bits per heavy atom. The summed E-state index contributed by atoms with van der Waals surface area (Å²) >= 11 is 0. The van der Waals surface area contributed by atoms with Crippen LogP contribution in [-0.4, -0.2) is 71.7 Å². The number of alkyl halides is 3. The zero-order valence-electron chi connectivity index (χ0n) is 25.8. The van der Waals surface area contributed by atoms with Gasteiger partial charge in [-0.15, -0.1) is 0 Å². The Hall–Kier alpha value is -4.86. The van der Waals surface area contributed by atoms with Crippen LogP contribution in [0.15, 0.2) is 30.3 Å². The third kappa shape index (κ3) is 7.17. The fourth-order valence-corrected chi connectivity index (χ4v) is 4.90. The van der Waals surface area contributed by atoms with Gasteiger partial charge in [-0.1, -0.05) is 12.1 Å². The topological polar surface area (TPSA) is 129 Å². The highest BCUT2D eigenvalue weighted by Gasteiger charge is 2.43. The zero-order chi connectivity index (χ0) is 34.1. The van der Waals surface area contributed by atoms with Crippen LogP contribution >= 0.6 is 0 Å². The van der Waals surface area contributed by atoms with E-state index in [0.29, 0.717) is 11.4 Å². The highest BCUT2D eigenvalue weighted by molar-refractivity contribution is 6.04. The number of carbonyl (C=O) groups excluding carboxylic acids is 3. The second kappa shape index (κ2) is 13.2. The lowest BCUT2D eigenvalue weighted by Crippen LogP contribution is -2.43. The zero-order valence-corrected chi connectivity index (χ0v) is 25.8. The Labute approximate surface area is 261 Å². The van der Waals surface area contributed by atoms with Gasteiger partial charge >= 0.3 is 18.2 Å². The second-order valence-electron chi connectivity index (χ2n) is 11.2. The normalized spacial score (nSPS) is 13.8. The number of nitrogens with zero attached hydrogens (tertiary/aromatic N) is 4. The minimum absolute atomic E-state index is 0.0156. The molecule has 0 bridgehead atoms. The van der Waals surface area contributed by atoms with Crippen molar-refractivity contribution in [1.29, 1.82) is 0 Å². The van der Waals surface area contributed by atoms with E-state index in [1.165, 1.54) is 19.1 Å². The number of urea groups is 1. The molecule has 2 aromatic carbocycles. The van der Waals surface area contributed by atoms with Gasteiger partial charge in [0.25, 0.3) is 5.91 Å². The fourth-order valence-electron chi connectivity index (χ4n) is 4.90. The van der Waals surface area contributed by atoms with Crippen molar-refractivity contribution < 1.29 is 41.1 Å². The predicted molar refractivity (Wildman–Crippen MR) is 159 cm³/mol. The first-order chi connectivity index (χ1) is 21.5. The summed E-state index contributed by atoms with van der Waals surface area (Å²) in [6.07, 6.45) is -5.43. The van der Waals surface area contributed by atoms with Gasteiger partial charge in [-0.25, -0.2) is 28.3 Å². The Bertz CT molecular complexity index is 1660. The molecule has 0 saturated carbocycles. The van der Waals surface area contributed by atoms with E-state index in [4.69, 9.17) is 4.74 Å². The van der Waals surface area contributed by atoms with E-state index in [2.05, 4.69) is 25.9 Å². The number of para-hydroxylation sites is 1. The van der Waals surface area contributed by atoms with Gasteiger partial charge in [0, 0.05) is 29.8 Å². The molecule has 1 atom stereocenters. The van der Waals surface area contributed by atoms with Crippen LogP contribution in [0.25, 0.3) is 11.3 Å². The van der Waals surface area contributed by atoms with Crippen molar-refractivity contribution in [3.63, 3.8) is 0 Å². The van der Waals surface area contributed by atoms with Crippen LogP contribution in [0.2, 0.25) is 0 Å². The summed E-state index contributed by atoms with van der Waals surface area (Å²) in [5.74, 6) is -6.84. The molecule has 0 spiro atoms. The van der Waals surface area contributed by atoms with Crippen LogP contribution in [0.3, 0.4) is 0 Å². The van der Waals surface area contributed by atoms with Gasteiger partial charge < -0.3 is 25.6 Å². The molecule has 2 heterocycles. The lowest BCUT2D eigenvalue weighted by atomic mass is 9.95. The number of nitrogens with one attached hydrogen (secondary N) is 3. The first-order valence-corrected chi connectivity index (χ1v) is 14.1. The Kier molecular flexibility index (Phi) is 9.80. The molecule has 11 nitrogen and oxygen atoms in total. The lowest BCUT2D eigenvalue weighted by Gasteiger charge is -2.31. The van der Waals surface area contributed by atoms with E-state index in [-0.39, 0.29) is 46.7 Å². The molecular formula is C30H32F5N7O4. The van der Waals surface area contributed by atoms with E-state index in [1.54, 1.807) is 20.8 Å². The molecule has 16 heteroatoms. The summed E-state index contributed by atoms with van der Waals surface area (Å²) in [7, 11) is 3.62. The third-order valence-electron chi connectivity index (χ3n) is 6.69. The molecule has 1 aliphatic heterocycles. The van der Waals surface area contributed by atoms with Crippen molar-refractivity contribution in [3.05, 3.63) is 58.7 Å². The van der Waals surface area contributed by atoms with Crippen molar-refractivity contribution in [1.82, 2.24) is 25.5 Å². The van der Waals surface area contributed by atoms with Crippen LogP contribution < -0.4 is 25.6 Å². The number of anilines is 3. The van der Waals surface area contributed by atoms with Gasteiger partial charge in [0.1, 0.15) is 17.3 Å². The van der Waals surface area contributed by atoms with Gasteiger partial charge in [0.05, 0.1) is 17.8 Å². The van der Waals surface area contributed by atoms with Crippen molar-refractivity contribution in [2.45, 2.75) is 52.5 Å². The minimum atomic E-state index is -5.43. The van der Waals surface area contributed by atoms with Crippen molar-refractivity contribution in [3.8, 4) is 17.0 Å². The number of esters is 1. The maximum atomic E-state index is 15.1. The molecule has 246 valence electrons. The summed E-state index contributed by atoms with van der Waals surface area (Å²) < 4.78 is 75.6. The van der Waals surface area contributed by atoms with Crippen molar-refractivity contribution in [2.24, 2.45) is 0 Å². The molecule has 1 aromatic heterocycles. The number of rotatable bonds is 9. The third-order valence-corrected chi connectivity index (χ3v) is 6.69. The minimum Gasteiger partial charge on any atom is -0.418 e. The van der Waals surface area contributed by atoms with Gasteiger partial charge in [-0.05, 0) is 65.6 Å². The number of aryl methyl sites for hydroxylation is 1. The first kappa shape index (κ1) is 34.0. The van der Waals surface area contributed by atoms with E-state index in [1.807, 2.05) is 19.0 Å². The van der Waals surface area contributed by atoms with Crippen molar-refractivity contribution >= 4 is 35.4 Å². The van der Waals surface area contributed by atoms with Gasteiger partial charge in [-0.2, -0.15) is 18.2 Å². The number of aromatic nitrogens is 2. The molecule has 0 fully saturated rings. The average Bonchev–Trinajstić information content (AvgIpc) is 2.92. The maximum Gasteiger partial charge on any atom is 0.491 e. The Balaban J connectivity index is 2.08. The summed E-state index contributed by atoms with van der Waals surface area (Å²) in [6.45, 7) is 6.64.